The number of nitrogens with one attached hydrogen (secondary N) is 1. The molecular weight excluding hydrogens is 244 g/mol. The smallest absolute Gasteiger partial charge is 0.335 e. The molecule has 0 amide bonds. The van der Waals surface area contributed by atoms with Gasteiger partial charge in [-0.25, -0.2) is 9.52 Å². The summed E-state index contributed by atoms with van der Waals surface area (Å²) < 4.78 is 26.1. The van der Waals surface area contributed by atoms with Crippen LogP contribution in [0.1, 0.15) is 15.9 Å². The van der Waals surface area contributed by atoms with Crippen LogP contribution in [-0.2, 0) is 16.8 Å². The van der Waals surface area contributed by atoms with Gasteiger partial charge in [-0.15, -0.1) is 0 Å². The van der Waals surface area contributed by atoms with Crippen molar-refractivity contribution in [1.29, 1.82) is 0 Å². The van der Waals surface area contributed by atoms with E-state index in [2.05, 4.69) is 4.72 Å². The topological polar surface area (TPSA) is 86.7 Å². The fourth-order valence-electron chi connectivity index (χ4n) is 1.25. The summed E-state index contributed by atoms with van der Waals surface area (Å²) in [7, 11) is -0.682. The Balaban J connectivity index is 2.80. The van der Waals surface area contributed by atoms with Gasteiger partial charge in [0.1, 0.15) is 0 Å². The van der Waals surface area contributed by atoms with Gasteiger partial charge in [-0.05, 0) is 17.7 Å². The molecule has 0 radical (unpaired) electrons. The lowest BCUT2D eigenvalue weighted by atomic mass is 10.1. The molecule has 1 rings (SSSR count). The third-order valence-corrected chi connectivity index (χ3v) is 3.74. The Labute approximate surface area is 100 Å². The van der Waals surface area contributed by atoms with E-state index in [4.69, 9.17) is 5.11 Å². The maximum atomic E-state index is 11.4. The third-order valence-electron chi connectivity index (χ3n) is 2.27. The highest BCUT2D eigenvalue weighted by Gasteiger charge is 2.15. The molecule has 94 valence electrons. The van der Waals surface area contributed by atoms with Crippen LogP contribution in [0.15, 0.2) is 24.3 Å². The molecule has 0 aromatic heterocycles. The zero-order valence-corrected chi connectivity index (χ0v) is 10.4. The molecule has 0 atom stereocenters. The number of carboxylic acids is 1. The highest BCUT2D eigenvalue weighted by Crippen LogP contribution is 2.08. The van der Waals surface area contributed by atoms with Crippen molar-refractivity contribution < 1.29 is 18.3 Å². The lowest BCUT2D eigenvalue weighted by molar-refractivity contribution is 0.0697. The summed E-state index contributed by atoms with van der Waals surface area (Å²) in [6, 6.07) is 6.06. The average molecular weight is 258 g/mol. The summed E-state index contributed by atoms with van der Waals surface area (Å²) in [6.45, 7) is 0.184. The van der Waals surface area contributed by atoms with E-state index in [1.807, 2.05) is 0 Å². The van der Waals surface area contributed by atoms with Crippen LogP contribution in [0.2, 0.25) is 0 Å². The number of carboxylic acid groups (broad SMARTS) is 1. The molecule has 0 saturated carbocycles. The molecular formula is C10H14N2O4S. The van der Waals surface area contributed by atoms with Crippen LogP contribution in [0.3, 0.4) is 0 Å². The number of benzene rings is 1. The van der Waals surface area contributed by atoms with E-state index in [-0.39, 0.29) is 12.1 Å². The second-order valence-corrected chi connectivity index (χ2v) is 5.45. The van der Waals surface area contributed by atoms with Crippen molar-refractivity contribution in [2.24, 2.45) is 0 Å². The van der Waals surface area contributed by atoms with Crippen LogP contribution in [0.4, 0.5) is 0 Å². The molecule has 17 heavy (non-hydrogen) atoms. The molecule has 0 spiro atoms. The molecule has 0 aliphatic heterocycles. The highest BCUT2D eigenvalue weighted by atomic mass is 32.2. The molecule has 0 fully saturated rings. The summed E-state index contributed by atoms with van der Waals surface area (Å²) >= 11 is 0. The number of carbonyl (C=O) groups is 1. The van der Waals surface area contributed by atoms with Crippen molar-refractivity contribution in [2.75, 3.05) is 14.1 Å². The minimum atomic E-state index is -3.46. The van der Waals surface area contributed by atoms with Gasteiger partial charge in [0, 0.05) is 20.6 Å². The number of aromatic carboxylic acids is 1. The van der Waals surface area contributed by atoms with Crippen LogP contribution < -0.4 is 4.72 Å². The van der Waals surface area contributed by atoms with E-state index in [0.717, 1.165) is 9.87 Å². The maximum Gasteiger partial charge on any atom is 0.335 e. The molecule has 0 aliphatic rings. The van der Waals surface area contributed by atoms with Gasteiger partial charge in [0.2, 0.25) is 0 Å². The van der Waals surface area contributed by atoms with Crippen molar-refractivity contribution >= 4 is 16.2 Å². The first kappa shape index (κ1) is 13.6. The van der Waals surface area contributed by atoms with Crippen molar-refractivity contribution in [3.63, 3.8) is 0 Å². The molecule has 1 aromatic carbocycles. The quantitative estimate of drug-likeness (QED) is 0.794. The van der Waals surface area contributed by atoms with Gasteiger partial charge in [-0.3, -0.25) is 0 Å². The SMILES string of the molecule is CNS(=O)(=O)N(C)Cc1ccc(C(=O)O)cc1. The first-order chi connectivity index (χ1) is 7.86. The van der Waals surface area contributed by atoms with Crippen molar-refractivity contribution in [2.45, 2.75) is 6.54 Å². The summed E-state index contributed by atoms with van der Waals surface area (Å²) in [6.07, 6.45) is 0. The fraction of sp³-hybridized carbons (Fsp3) is 0.300. The lowest BCUT2D eigenvalue weighted by Crippen LogP contribution is -2.35. The van der Waals surface area contributed by atoms with E-state index in [9.17, 15) is 13.2 Å². The van der Waals surface area contributed by atoms with Crippen molar-refractivity contribution in [1.82, 2.24) is 9.03 Å². The molecule has 0 aliphatic carbocycles. The Morgan fingerprint density at radius 1 is 1.35 bits per heavy atom. The van der Waals surface area contributed by atoms with Crippen LogP contribution in [0.25, 0.3) is 0 Å². The Kier molecular flexibility index (Phi) is 4.22. The normalized spacial score (nSPS) is 11.7. The van der Waals surface area contributed by atoms with Crippen LogP contribution in [-0.4, -0.2) is 37.9 Å². The van der Waals surface area contributed by atoms with Crippen LogP contribution in [0, 0.1) is 0 Å². The molecule has 2 N–H and O–H groups in total. The number of rotatable bonds is 5. The monoisotopic (exact) mass is 258 g/mol. The van der Waals surface area contributed by atoms with Crippen LogP contribution in [0.5, 0.6) is 0 Å². The molecule has 1 aromatic rings. The molecule has 6 nitrogen and oxygen atoms in total. The molecule has 7 heteroatoms. The Hall–Kier alpha value is -1.44. The minimum absolute atomic E-state index is 0.174. The first-order valence-corrected chi connectivity index (χ1v) is 6.28. The number of hydrogen-bond acceptors (Lipinski definition) is 3. The minimum Gasteiger partial charge on any atom is -0.478 e. The summed E-state index contributed by atoms with van der Waals surface area (Å²) in [5.74, 6) is -1.01. The predicted molar refractivity (Wildman–Crippen MR) is 62.8 cm³/mol. The van der Waals surface area contributed by atoms with E-state index in [1.165, 1.54) is 26.2 Å². The predicted octanol–water partition coefficient (Wildman–Crippen LogP) is 0.281. The van der Waals surface area contributed by atoms with Crippen molar-refractivity contribution in [3.8, 4) is 0 Å². The van der Waals surface area contributed by atoms with Gasteiger partial charge in [0.15, 0.2) is 0 Å². The second-order valence-electron chi connectivity index (χ2n) is 3.47. The summed E-state index contributed by atoms with van der Waals surface area (Å²) in [5.41, 5.74) is 0.893. The molecule has 0 unspecified atom stereocenters. The summed E-state index contributed by atoms with van der Waals surface area (Å²) in [5, 5.41) is 8.71. The van der Waals surface area contributed by atoms with E-state index >= 15 is 0 Å². The van der Waals surface area contributed by atoms with Gasteiger partial charge >= 0.3 is 5.97 Å². The largest absolute Gasteiger partial charge is 0.478 e. The summed E-state index contributed by atoms with van der Waals surface area (Å²) in [4.78, 5) is 10.6. The van der Waals surface area contributed by atoms with Gasteiger partial charge < -0.3 is 5.11 Å². The van der Waals surface area contributed by atoms with E-state index < -0.39 is 16.2 Å². The molecule has 0 saturated heterocycles. The van der Waals surface area contributed by atoms with Gasteiger partial charge in [0.25, 0.3) is 10.2 Å². The highest BCUT2D eigenvalue weighted by molar-refractivity contribution is 7.87. The van der Waals surface area contributed by atoms with Crippen LogP contribution >= 0.6 is 0 Å². The van der Waals surface area contributed by atoms with Gasteiger partial charge in [0.05, 0.1) is 5.56 Å². The van der Waals surface area contributed by atoms with E-state index in [1.54, 1.807) is 12.1 Å². The second kappa shape index (κ2) is 5.26. The zero-order valence-electron chi connectivity index (χ0n) is 9.54. The Bertz CT molecular complexity index is 496. The van der Waals surface area contributed by atoms with E-state index in [0.29, 0.717) is 0 Å². The lowest BCUT2D eigenvalue weighted by Gasteiger charge is -2.16. The third kappa shape index (κ3) is 3.52. The Morgan fingerprint density at radius 3 is 2.29 bits per heavy atom. The average Bonchev–Trinajstić information content (AvgIpc) is 2.29. The maximum absolute atomic E-state index is 11.4. The fourth-order valence-corrected chi connectivity index (χ4v) is 1.88. The standard InChI is InChI=1S/C10H14N2O4S/c1-11-17(15,16)12(2)7-8-3-5-9(6-4-8)10(13)14/h3-6,11H,7H2,1-2H3,(H,13,14). The van der Waals surface area contributed by atoms with Gasteiger partial charge in [-0.2, -0.15) is 12.7 Å². The van der Waals surface area contributed by atoms with Crippen molar-refractivity contribution in [3.05, 3.63) is 35.4 Å². The number of nitrogens with zero attached hydrogens (tertiary/aromatic N) is 1. The van der Waals surface area contributed by atoms with Gasteiger partial charge in [-0.1, -0.05) is 12.1 Å². The molecule has 0 bridgehead atoms. The molecule has 0 heterocycles. The Morgan fingerprint density at radius 2 is 1.88 bits per heavy atom. The number of hydrogen-bond donors (Lipinski definition) is 2. The zero-order chi connectivity index (χ0) is 13.1. The first-order valence-electron chi connectivity index (χ1n) is 4.84.